The van der Waals surface area contributed by atoms with E-state index in [2.05, 4.69) is 4.98 Å². The summed E-state index contributed by atoms with van der Waals surface area (Å²) in [6.45, 7) is 3.57. The second-order valence-electron chi connectivity index (χ2n) is 5.03. The summed E-state index contributed by atoms with van der Waals surface area (Å²) < 4.78 is 48.2. The number of pyridine rings is 1. The zero-order valence-electron chi connectivity index (χ0n) is 13.6. The Hall–Kier alpha value is -2.12. The molecule has 0 amide bonds. The highest BCUT2D eigenvalue weighted by Gasteiger charge is 2.36. The molecule has 0 spiro atoms. The molecule has 0 aliphatic rings. The van der Waals surface area contributed by atoms with Gasteiger partial charge in [0.05, 0.1) is 24.5 Å². The third-order valence-electron chi connectivity index (χ3n) is 3.15. The molecule has 0 aliphatic carbocycles. The predicted molar refractivity (Wildman–Crippen MR) is 79.1 cm³/mol. The molecule has 0 N–H and O–H groups in total. The SMILES string of the molecule is CCCCCOC(=O)C(C(=O)OCC)c1cc(C(F)(F)F)ccn1. The summed E-state index contributed by atoms with van der Waals surface area (Å²) in [6, 6.07) is 1.42. The van der Waals surface area contributed by atoms with Gasteiger partial charge < -0.3 is 9.47 Å². The maximum atomic E-state index is 12.8. The second-order valence-corrected chi connectivity index (χ2v) is 5.03. The third kappa shape index (κ3) is 5.82. The molecule has 1 unspecified atom stereocenters. The number of unbranched alkanes of at least 4 members (excludes halogenated alkanes) is 2. The fourth-order valence-electron chi connectivity index (χ4n) is 1.95. The molecule has 5 nitrogen and oxygen atoms in total. The summed E-state index contributed by atoms with van der Waals surface area (Å²) in [5.41, 5.74) is -1.34. The van der Waals surface area contributed by atoms with E-state index in [0.29, 0.717) is 12.5 Å². The molecule has 1 atom stereocenters. The molecule has 0 radical (unpaired) electrons. The van der Waals surface area contributed by atoms with Gasteiger partial charge in [-0.05, 0) is 25.5 Å². The average molecular weight is 347 g/mol. The first kappa shape index (κ1) is 19.9. The number of hydrogen-bond donors (Lipinski definition) is 0. The molecule has 1 aromatic rings. The smallest absolute Gasteiger partial charge is 0.416 e. The minimum atomic E-state index is -4.61. The summed E-state index contributed by atoms with van der Waals surface area (Å²) in [4.78, 5) is 27.9. The van der Waals surface area contributed by atoms with E-state index >= 15 is 0 Å². The first-order valence-electron chi connectivity index (χ1n) is 7.67. The quantitative estimate of drug-likeness (QED) is 0.409. The van der Waals surface area contributed by atoms with Crippen molar-refractivity contribution in [2.24, 2.45) is 0 Å². The van der Waals surface area contributed by atoms with Gasteiger partial charge in [-0.3, -0.25) is 14.6 Å². The van der Waals surface area contributed by atoms with Gasteiger partial charge in [0.25, 0.3) is 0 Å². The lowest BCUT2D eigenvalue weighted by molar-refractivity contribution is -0.157. The summed E-state index contributed by atoms with van der Waals surface area (Å²) >= 11 is 0. The lowest BCUT2D eigenvalue weighted by Crippen LogP contribution is -2.27. The number of alkyl halides is 3. The molecule has 134 valence electrons. The van der Waals surface area contributed by atoms with Crippen LogP contribution in [-0.4, -0.2) is 30.1 Å². The summed E-state index contributed by atoms with van der Waals surface area (Å²) in [5, 5.41) is 0. The number of carbonyl (C=O) groups is 2. The molecule has 0 aromatic carbocycles. The van der Waals surface area contributed by atoms with Gasteiger partial charge in [0.2, 0.25) is 0 Å². The molecule has 1 rings (SSSR count). The van der Waals surface area contributed by atoms with E-state index in [1.165, 1.54) is 6.92 Å². The highest BCUT2D eigenvalue weighted by atomic mass is 19.4. The zero-order valence-corrected chi connectivity index (χ0v) is 13.6. The fraction of sp³-hybridized carbons (Fsp3) is 0.562. The maximum Gasteiger partial charge on any atom is 0.416 e. The lowest BCUT2D eigenvalue weighted by Gasteiger charge is -2.16. The van der Waals surface area contributed by atoms with Crippen molar-refractivity contribution in [1.29, 1.82) is 0 Å². The number of rotatable bonds is 8. The highest BCUT2D eigenvalue weighted by molar-refractivity contribution is 6.00. The van der Waals surface area contributed by atoms with Crippen LogP contribution in [0.3, 0.4) is 0 Å². The molecule has 0 bridgehead atoms. The Morgan fingerprint density at radius 1 is 1.17 bits per heavy atom. The number of ether oxygens (including phenoxy) is 2. The standard InChI is InChI=1S/C16H20F3NO4/c1-3-5-6-9-24-15(22)13(14(21)23-4-2)12-10-11(7-8-20-12)16(17,18)19/h7-8,10,13H,3-6,9H2,1-2H3. The van der Waals surface area contributed by atoms with Gasteiger partial charge in [-0.25, -0.2) is 0 Å². The van der Waals surface area contributed by atoms with E-state index in [1.54, 1.807) is 0 Å². The van der Waals surface area contributed by atoms with Gasteiger partial charge in [0, 0.05) is 6.20 Å². The van der Waals surface area contributed by atoms with Crippen LogP contribution in [0, 0.1) is 0 Å². The van der Waals surface area contributed by atoms with E-state index in [-0.39, 0.29) is 18.9 Å². The molecule has 8 heteroatoms. The van der Waals surface area contributed by atoms with Crippen LogP contribution in [0.15, 0.2) is 18.3 Å². The van der Waals surface area contributed by atoms with Crippen LogP contribution in [0.5, 0.6) is 0 Å². The minimum absolute atomic E-state index is 0.0165. The maximum absolute atomic E-state index is 12.8. The average Bonchev–Trinajstić information content (AvgIpc) is 2.51. The minimum Gasteiger partial charge on any atom is -0.465 e. The number of hydrogen-bond acceptors (Lipinski definition) is 5. The van der Waals surface area contributed by atoms with Gasteiger partial charge in [0.15, 0.2) is 5.92 Å². The molecular formula is C16H20F3NO4. The van der Waals surface area contributed by atoms with Crippen molar-refractivity contribution < 1.29 is 32.2 Å². The molecular weight excluding hydrogens is 327 g/mol. The van der Waals surface area contributed by atoms with Crippen molar-refractivity contribution >= 4 is 11.9 Å². The Morgan fingerprint density at radius 3 is 2.42 bits per heavy atom. The van der Waals surface area contributed by atoms with Gasteiger partial charge in [-0.2, -0.15) is 13.2 Å². The number of aromatic nitrogens is 1. The Morgan fingerprint density at radius 2 is 1.83 bits per heavy atom. The third-order valence-corrected chi connectivity index (χ3v) is 3.15. The molecule has 0 saturated heterocycles. The Bertz CT molecular complexity index is 560. The molecule has 0 saturated carbocycles. The van der Waals surface area contributed by atoms with E-state index in [4.69, 9.17) is 9.47 Å². The van der Waals surface area contributed by atoms with Crippen LogP contribution >= 0.6 is 0 Å². The van der Waals surface area contributed by atoms with E-state index in [1.807, 2.05) is 6.92 Å². The van der Waals surface area contributed by atoms with Crippen LogP contribution in [0.4, 0.5) is 13.2 Å². The summed E-state index contributed by atoms with van der Waals surface area (Å²) in [6.07, 6.45) is -1.36. The monoisotopic (exact) mass is 347 g/mol. The Balaban J connectivity index is 3.01. The number of carbonyl (C=O) groups excluding carboxylic acids is 2. The first-order valence-corrected chi connectivity index (χ1v) is 7.67. The van der Waals surface area contributed by atoms with Crippen LogP contribution in [-0.2, 0) is 25.2 Å². The lowest BCUT2D eigenvalue weighted by atomic mass is 10.0. The molecule has 0 fully saturated rings. The van der Waals surface area contributed by atoms with Gasteiger partial charge in [-0.1, -0.05) is 19.8 Å². The second kappa shape index (κ2) is 9.24. The normalized spacial score (nSPS) is 12.5. The van der Waals surface area contributed by atoms with Crippen LogP contribution < -0.4 is 0 Å². The number of halogens is 3. The Labute approximate surface area is 138 Å². The van der Waals surface area contributed by atoms with Crippen molar-refractivity contribution in [3.63, 3.8) is 0 Å². The predicted octanol–water partition coefficient (Wildman–Crippen LogP) is 3.48. The van der Waals surface area contributed by atoms with Crippen molar-refractivity contribution in [3.8, 4) is 0 Å². The van der Waals surface area contributed by atoms with Crippen molar-refractivity contribution in [2.75, 3.05) is 13.2 Å². The van der Waals surface area contributed by atoms with Gasteiger partial charge in [0.1, 0.15) is 0 Å². The zero-order chi connectivity index (χ0) is 18.2. The van der Waals surface area contributed by atoms with Crippen LogP contribution in [0.25, 0.3) is 0 Å². The summed E-state index contributed by atoms with van der Waals surface area (Å²) in [7, 11) is 0. The largest absolute Gasteiger partial charge is 0.465 e. The van der Waals surface area contributed by atoms with E-state index in [9.17, 15) is 22.8 Å². The molecule has 1 heterocycles. The van der Waals surface area contributed by atoms with E-state index < -0.39 is 29.6 Å². The number of nitrogens with zero attached hydrogens (tertiary/aromatic N) is 1. The summed E-state index contributed by atoms with van der Waals surface area (Å²) in [5.74, 6) is -3.57. The van der Waals surface area contributed by atoms with Crippen LogP contribution in [0.1, 0.15) is 50.3 Å². The van der Waals surface area contributed by atoms with Gasteiger partial charge >= 0.3 is 18.1 Å². The van der Waals surface area contributed by atoms with E-state index in [0.717, 1.165) is 25.1 Å². The van der Waals surface area contributed by atoms with Crippen molar-refractivity contribution in [1.82, 2.24) is 4.98 Å². The van der Waals surface area contributed by atoms with Crippen LogP contribution in [0.2, 0.25) is 0 Å². The van der Waals surface area contributed by atoms with Gasteiger partial charge in [-0.15, -0.1) is 0 Å². The molecule has 0 aliphatic heterocycles. The molecule has 24 heavy (non-hydrogen) atoms. The van der Waals surface area contributed by atoms with Crippen molar-refractivity contribution in [2.45, 2.75) is 45.2 Å². The topological polar surface area (TPSA) is 65.5 Å². The number of esters is 2. The Kier molecular flexibility index (Phi) is 7.67. The highest BCUT2D eigenvalue weighted by Crippen LogP contribution is 2.30. The first-order chi connectivity index (χ1) is 11.3. The van der Waals surface area contributed by atoms with Crippen molar-refractivity contribution in [3.05, 3.63) is 29.6 Å². The fourth-order valence-corrected chi connectivity index (χ4v) is 1.95. The molecule has 1 aromatic heterocycles.